The van der Waals surface area contributed by atoms with Gasteiger partial charge >= 0.3 is 0 Å². The summed E-state index contributed by atoms with van der Waals surface area (Å²) in [6, 6.07) is 7.26. The number of rotatable bonds is 2. The molecule has 1 amide bonds. The van der Waals surface area contributed by atoms with Gasteiger partial charge in [0.1, 0.15) is 0 Å². The third-order valence-corrected chi connectivity index (χ3v) is 4.12. The molecule has 106 valence electrons. The van der Waals surface area contributed by atoms with Crippen molar-refractivity contribution in [2.24, 2.45) is 0 Å². The van der Waals surface area contributed by atoms with Crippen molar-refractivity contribution in [1.29, 1.82) is 0 Å². The Morgan fingerprint density at radius 3 is 3.05 bits per heavy atom. The third-order valence-electron chi connectivity index (χ3n) is 3.05. The molecule has 1 N–H and O–H groups in total. The Balaban J connectivity index is 1.50. The summed E-state index contributed by atoms with van der Waals surface area (Å²) in [4.78, 5) is 18.1. The maximum Gasteiger partial charge on any atom is 0.296 e. The van der Waals surface area contributed by atoms with E-state index in [2.05, 4.69) is 27.0 Å². The van der Waals surface area contributed by atoms with Crippen LogP contribution in [-0.4, -0.2) is 30.0 Å². The van der Waals surface area contributed by atoms with Gasteiger partial charge in [0.05, 0.1) is 6.04 Å². The lowest BCUT2D eigenvalue weighted by Gasteiger charge is -2.38. The monoisotopic (exact) mass is 317 g/mol. The van der Waals surface area contributed by atoms with Gasteiger partial charge in [-0.25, -0.2) is 4.98 Å². The predicted molar refractivity (Wildman–Crippen MR) is 84.6 cm³/mol. The number of halogens is 1. The number of thiazole rings is 1. The highest BCUT2D eigenvalue weighted by Gasteiger charge is 2.29. The average Bonchev–Trinajstić information content (AvgIpc) is 2.94. The van der Waals surface area contributed by atoms with E-state index in [4.69, 9.17) is 11.6 Å². The fourth-order valence-corrected chi connectivity index (χ4v) is 2.87. The second-order valence-electron chi connectivity index (χ2n) is 4.65. The highest BCUT2D eigenvalue weighted by atomic mass is 35.5. The maximum absolute atomic E-state index is 11.7. The predicted octanol–water partition coefficient (Wildman–Crippen LogP) is 2.15. The molecule has 1 aromatic heterocycles. The molecule has 1 aliphatic rings. The van der Waals surface area contributed by atoms with Crippen LogP contribution in [-0.2, 0) is 4.79 Å². The van der Waals surface area contributed by atoms with Crippen molar-refractivity contribution in [2.45, 2.75) is 6.04 Å². The van der Waals surface area contributed by atoms with Gasteiger partial charge in [-0.1, -0.05) is 23.6 Å². The Kier molecular flexibility index (Phi) is 4.09. The first-order chi connectivity index (χ1) is 10.2. The van der Waals surface area contributed by atoms with Gasteiger partial charge in [-0.15, -0.1) is 11.3 Å². The van der Waals surface area contributed by atoms with Gasteiger partial charge in [0, 0.05) is 41.2 Å². The molecule has 1 fully saturated rings. The number of nitrogens with zero attached hydrogens (tertiary/aromatic N) is 2. The number of carbonyl (C=O) groups is 1. The van der Waals surface area contributed by atoms with Crippen molar-refractivity contribution in [2.75, 3.05) is 18.0 Å². The van der Waals surface area contributed by atoms with Crippen LogP contribution in [0.15, 0.2) is 35.8 Å². The zero-order valence-corrected chi connectivity index (χ0v) is 12.6. The van der Waals surface area contributed by atoms with Gasteiger partial charge in [-0.05, 0) is 18.2 Å². The van der Waals surface area contributed by atoms with Crippen molar-refractivity contribution >= 4 is 34.0 Å². The molecule has 1 aliphatic heterocycles. The van der Waals surface area contributed by atoms with Crippen LogP contribution in [0.2, 0.25) is 5.02 Å². The van der Waals surface area contributed by atoms with E-state index >= 15 is 0 Å². The number of hydrogen-bond donors (Lipinski definition) is 1. The summed E-state index contributed by atoms with van der Waals surface area (Å²) in [5.41, 5.74) is 0.732. The topological polar surface area (TPSA) is 45.2 Å². The van der Waals surface area contributed by atoms with Crippen molar-refractivity contribution in [3.63, 3.8) is 0 Å². The zero-order valence-electron chi connectivity index (χ0n) is 11.0. The van der Waals surface area contributed by atoms with Crippen LogP contribution in [0.3, 0.4) is 0 Å². The highest BCUT2D eigenvalue weighted by Crippen LogP contribution is 2.22. The summed E-state index contributed by atoms with van der Waals surface area (Å²) in [7, 11) is 0. The molecule has 0 unspecified atom stereocenters. The molecule has 1 aromatic carbocycles. The molecular formula is C15H12ClN3OS. The minimum atomic E-state index is -0.265. The molecule has 2 aromatic rings. The molecule has 3 rings (SSSR count). The first-order valence-corrected chi connectivity index (χ1v) is 7.69. The molecular weight excluding hydrogens is 306 g/mol. The Bertz CT molecular complexity index is 699. The average molecular weight is 318 g/mol. The molecule has 0 bridgehead atoms. The van der Waals surface area contributed by atoms with Crippen molar-refractivity contribution < 1.29 is 4.79 Å². The van der Waals surface area contributed by atoms with E-state index in [-0.39, 0.29) is 11.9 Å². The SMILES string of the molecule is O=C(C#Cc1cccc(Cl)c1)NC1CN(c2nccs2)C1. The van der Waals surface area contributed by atoms with Crippen LogP contribution in [0.25, 0.3) is 0 Å². The molecule has 1 saturated heterocycles. The lowest BCUT2D eigenvalue weighted by Crippen LogP contribution is -2.59. The Hall–Kier alpha value is -2.03. The summed E-state index contributed by atoms with van der Waals surface area (Å²) in [5, 5.41) is 6.43. The Morgan fingerprint density at radius 2 is 2.33 bits per heavy atom. The lowest BCUT2D eigenvalue weighted by molar-refractivity contribution is -0.116. The standard InChI is InChI=1S/C15H12ClN3OS/c16-12-3-1-2-11(8-12)4-5-14(20)18-13-9-19(10-13)15-17-6-7-21-15/h1-3,6-8,13H,9-10H2,(H,18,20). The quantitative estimate of drug-likeness (QED) is 0.863. The van der Waals surface area contributed by atoms with Gasteiger partial charge in [-0.3, -0.25) is 4.79 Å². The highest BCUT2D eigenvalue weighted by molar-refractivity contribution is 7.13. The fraction of sp³-hybridized carbons (Fsp3) is 0.200. The molecule has 0 spiro atoms. The molecule has 0 radical (unpaired) electrons. The number of hydrogen-bond acceptors (Lipinski definition) is 4. The number of aromatic nitrogens is 1. The molecule has 2 heterocycles. The number of carbonyl (C=O) groups excluding carboxylic acids is 1. The molecule has 4 nitrogen and oxygen atoms in total. The molecule has 6 heteroatoms. The van der Waals surface area contributed by atoms with E-state index in [0.29, 0.717) is 5.02 Å². The summed E-state index contributed by atoms with van der Waals surface area (Å²) in [5.74, 6) is 5.13. The van der Waals surface area contributed by atoms with Gasteiger partial charge in [0.25, 0.3) is 5.91 Å². The summed E-state index contributed by atoms with van der Waals surface area (Å²) >= 11 is 7.46. The lowest BCUT2D eigenvalue weighted by atomic mass is 10.1. The summed E-state index contributed by atoms with van der Waals surface area (Å²) in [6.07, 6.45) is 1.78. The van der Waals surface area contributed by atoms with Gasteiger partial charge in [0.2, 0.25) is 0 Å². The number of amides is 1. The van der Waals surface area contributed by atoms with E-state index < -0.39 is 0 Å². The van der Waals surface area contributed by atoms with Gasteiger partial charge < -0.3 is 10.2 Å². The number of nitrogens with one attached hydrogen (secondary N) is 1. The van der Waals surface area contributed by atoms with Crippen LogP contribution in [0.4, 0.5) is 5.13 Å². The van der Waals surface area contributed by atoms with Crippen LogP contribution in [0, 0.1) is 11.8 Å². The maximum atomic E-state index is 11.7. The van der Waals surface area contributed by atoms with Gasteiger partial charge in [-0.2, -0.15) is 0 Å². The van der Waals surface area contributed by atoms with Crippen molar-refractivity contribution in [3.05, 3.63) is 46.4 Å². The summed E-state index contributed by atoms with van der Waals surface area (Å²) in [6.45, 7) is 1.55. The first-order valence-electron chi connectivity index (χ1n) is 6.43. The van der Waals surface area contributed by atoms with Crippen LogP contribution >= 0.6 is 22.9 Å². The third kappa shape index (κ3) is 3.54. The molecule has 0 atom stereocenters. The van der Waals surface area contributed by atoms with Crippen LogP contribution in [0.5, 0.6) is 0 Å². The van der Waals surface area contributed by atoms with Crippen LogP contribution in [0.1, 0.15) is 5.56 Å². The molecule has 21 heavy (non-hydrogen) atoms. The second-order valence-corrected chi connectivity index (χ2v) is 5.96. The van der Waals surface area contributed by atoms with E-state index in [1.165, 1.54) is 0 Å². The molecule has 0 saturated carbocycles. The minimum absolute atomic E-state index is 0.134. The minimum Gasteiger partial charge on any atom is -0.344 e. The van der Waals surface area contributed by atoms with Crippen LogP contribution < -0.4 is 10.2 Å². The normalized spacial score (nSPS) is 14.0. The fourth-order valence-electron chi connectivity index (χ4n) is 2.01. The van der Waals surface area contributed by atoms with E-state index in [9.17, 15) is 4.79 Å². The Morgan fingerprint density at radius 1 is 1.48 bits per heavy atom. The second kappa shape index (κ2) is 6.17. The van der Waals surface area contributed by atoms with E-state index in [1.807, 2.05) is 17.5 Å². The first kappa shape index (κ1) is 13.9. The summed E-state index contributed by atoms with van der Waals surface area (Å²) < 4.78 is 0. The van der Waals surface area contributed by atoms with Crippen molar-refractivity contribution in [1.82, 2.24) is 10.3 Å². The van der Waals surface area contributed by atoms with E-state index in [1.54, 1.807) is 29.7 Å². The van der Waals surface area contributed by atoms with Gasteiger partial charge in [0.15, 0.2) is 5.13 Å². The Labute approximate surface area is 131 Å². The van der Waals surface area contributed by atoms with E-state index in [0.717, 1.165) is 23.8 Å². The largest absolute Gasteiger partial charge is 0.344 e. The van der Waals surface area contributed by atoms with Crippen molar-refractivity contribution in [3.8, 4) is 11.8 Å². The zero-order chi connectivity index (χ0) is 14.7. The number of anilines is 1. The number of benzene rings is 1. The smallest absolute Gasteiger partial charge is 0.296 e. The molecule has 0 aliphatic carbocycles.